The highest BCUT2D eigenvalue weighted by atomic mass is 31.2. The van der Waals surface area contributed by atoms with Crippen LogP contribution >= 0.6 is 26.0 Å². The highest BCUT2D eigenvalue weighted by Gasteiger charge is 2.04. The van der Waals surface area contributed by atoms with Crippen LogP contribution < -0.4 is 14.6 Å². The van der Waals surface area contributed by atoms with Crippen LogP contribution in [0.1, 0.15) is 0 Å². The molecular formula is C2H8N3P3. The second kappa shape index (κ2) is 3.85. The van der Waals surface area contributed by atoms with Crippen LogP contribution in [0, 0.1) is 0 Å². The first kappa shape index (κ1) is 7.02. The van der Waals surface area contributed by atoms with Gasteiger partial charge in [-0.1, -0.05) is 6.58 Å². The topological polar surface area (TPSA) is 36.1 Å². The first-order valence-electron chi connectivity index (χ1n) is 2.11. The maximum atomic E-state index is 3.67. The molecule has 1 aliphatic heterocycles. The lowest BCUT2D eigenvalue weighted by molar-refractivity contribution is 1.42. The van der Waals surface area contributed by atoms with Crippen LogP contribution in [0.4, 0.5) is 0 Å². The van der Waals surface area contributed by atoms with Crippen LogP contribution in [0.5, 0.6) is 0 Å². The van der Waals surface area contributed by atoms with Gasteiger partial charge in [-0.05, 0) is 5.82 Å². The lowest BCUT2D eigenvalue weighted by Crippen LogP contribution is -2.13. The van der Waals surface area contributed by atoms with E-state index in [0.717, 1.165) is 0 Å². The second-order valence-corrected chi connectivity index (χ2v) is 5.55. The summed E-state index contributed by atoms with van der Waals surface area (Å²) in [6.07, 6.45) is 0. The quantitative estimate of drug-likeness (QED) is 0.514. The van der Waals surface area contributed by atoms with E-state index in [9.17, 15) is 0 Å². The number of hydrogen-bond acceptors (Lipinski definition) is 3. The number of hydrogen-bond donors (Lipinski definition) is 3. The Kier molecular flexibility index (Phi) is 3.38. The minimum Gasteiger partial charge on any atom is -0.254 e. The zero-order chi connectivity index (χ0) is 5.82. The van der Waals surface area contributed by atoms with Gasteiger partial charge in [0.1, 0.15) is 0 Å². The van der Waals surface area contributed by atoms with Crippen molar-refractivity contribution >= 4 is 26.0 Å². The highest BCUT2D eigenvalue weighted by Crippen LogP contribution is 2.39. The minimum atomic E-state index is -0.243. The minimum absolute atomic E-state index is 0.243. The van der Waals surface area contributed by atoms with Crippen molar-refractivity contribution in [2.75, 3.05) is 0 Å². The molecule has 0 spiro atoms. The molecule has 1 heterocycles. The SMILES string of the molecule is C=CP1NPNPN1. The predicted molar refractivity (Wildman–Crippen MR) is 43.2 cm³/mol. The summed E-state index contributed by atoms with van der Waals surface area (Å²) in [7, 11) is 1.15. The standard InChI is InChI=1S/C2H8N3P3/c1-2-8-4-6-3-7-5-8/h2-7H,1H2. The van der Waals surface area contributed by atoms with E-state index >= 15 is 0 Å². The molecule has 1 fully saturated rings. The third-order valence-electron chi connectivity index (χ3n) is 0.660. The molecule has 0 bridgehead atoms. The molecular weight excluding hydrogens is 159 g/mol. The zero-order valence-corrected chi connectivity index (χ0v) is 7.13. The van der Waals surface area contributed by atoms with Crippen molar-refractivity contribution in [1.82, 2.24) is 14.6 Å². The fourth-order valence-electron chi connectivity index (χ4n) is 0.327. The molecule has 0 saturated carbocycles. The Hall–Kier alpha value is 0.910. The van der Waals surface area contributed by atoms with Gasteiger partial charge >= 0.3 is 0 Å². The lowest BCUT2D eigenvalue weighted by atomic mass is 11.3. The summed E-state index contributed by atoms with van der Waals surface area (Å²) in [5, 5.41) is 0. The number of nitrogens with one attached hydrogen (secondary N) is 3. The summed E-state index contributed by atoms with van der Waals surface area (Å²) in [6, 6.07) is 0. The van der Waals surface area contributed by atoms with Gasteiger partial charge < -0.3 is 0 Å². The van der Waals surface area contributed by atoms with Crippen molar-refractivity contribution in [2.45, 2.75) is 0 Å². The molecule has 1 saturated heterocycles. The van der Waals surface area contributed by atoms with E-state index in [4.69, 9.17) is 0 Å². The summed E-state index contributed by atoms with van der Waals surface area (Å²) >= 11 is 0. The molecule has 46 valence electrons. The van der Waals surface area contributed by atoms with Gasteiger partial charge in [-0.3, -0.25) is 4.86 Å². The van der Waals surface area contributed by atoms with Crippen LogP contribution in [0.2, 0.25) is 0 Å². The summed E-state index contributed by atoms with van der Waals surface area (Å²) in [5.41, 5.74) is 0. The van der Waals surface area contributed by atoms with Gasteiger partial charge in [0.25, 0.3) is 0 Å². The van der Waals surface area contributed by atoms with Crippen LogP contribution in [0.15, 0.2) is 12.4 Å². The smallest absolute Gasteiger partial charge is 0.0675 e. The molecule has 0 amide bonds. The molecule has 6 heteroatoms. The first-order chi connectivity index (χ1) is 3.93. The normalized spacial score (nSPS) is 35.8. The monoisotopic (exact) mass is 167 g/mol. The molecule has 1 rings (SSSR count). The van der Waals surface area contributed by atoms with Crippen molar-refractivity contribution in [3.8, 4) is 0 Å². The van der Waals surface area contributed by atoms with Crippen LogP contribution in [-0.4, -0.2) is 0 Å². The molecule has 3 N–H and O–H groups in total. The van der Waals surface area contributed by atoms with E-state index in [-0.39, 0.29) is 8.22 Å². The van der Waals surface area contributed by atoms with Crippen LogP contribution in [0.25, 0.3) is 0 Å². The fraction of sp³-hybridized carbons (Fsp3) is 0. The Morgan fingerprint density at radius 1 is 1.38 bits per heavy atom. The third kappa shape index (κ3) is 2.03. The Bertz CT molecular complexity index is 80.6. The first-order valence-corrected chi connectivity index (χ1v) is 5.52. The maximum Gasteiger partial charge on any atom is 0.0675 e. The van der Waals surface area contributed by atoms with E-state index in [0.29, 0.717) is 17.8 Å². The molecule has 0 aromatic carbocycles. The van der Waals surface area contributed by atoms with Gasteiger partial charge in [-0.15, -0.1) is 0 Å². The molecule has 8 heavy (non-hydrogen) atoms. The summed E-state index contributed by atoms with van der Waals surface area (Å²) in [4.78, 5) is 9.61. The lowest BCUT2D eigenvalue weighted by Gasteiger charge is -2.21. The average Bonchev–Trinajstić information content (AvgIpc) is 1.90. The Balaban J connectivity index is 2.22. The van der Waals surface area contributed by atoms with E-state index in [1.165, 1.54) is 0 Å². The molecule has 1 aliphatic rings. The number of rotatable bonds is 1. The molecule has 0 radical (unpaired) electrons. The molecule has 0 aromatic heterocycles. The highest BCUT2D eigenvalue weighted by molar-refractivity contribution is 7.75. The third-order valence-corrected chi connectivity index (χ3v) is 4.85. The van der Waals surface area contributed by atoms with Crippen molar-refractivity contribution in [3.63, 3.8) is 0 Å². The van der Waals surface area contributed by atoms with E-state index in [1.54, 1.807) is 0 Å². The van der Waals surface area contributed by atoms with Gasteiger partial charge in [0, 0.05) is 17.8 Å². The average molecular weight is 167 g/mol. The summed E-state index contributed by atoms with van der Waals surface area (Å²) < 4.78 is 0. The van der Waals surface area contributed by atoms with Gasteiger partial charge in [0.2, 0.25) is 0 Å². The summed E-state index contributed by atoms with van der Waals surface area (Å²) in [6.45, 7) is 3.67. The van der Waals surface area contributed by atoms with Crippen molar-refractivity contribution in [1.29, 1.82) is 0 Å². The predicted octanol–water partition coefficient (Wildman–Crippen LogP) is 1.24. The second-order valence-electron chi connectivity index (χ2n) is 1.15. The molecule has 2 atom stereocenters. The Labute approximate surface area is 53.7 Å². The van der Waals surface area contributed by atoms with Crippen LogP contribution in [-0.2, 0) is 0 Å². The van der Waals surface area contributed by atoms with Crippen LogP contribution in [0.3, 0.4) is 0 Å². The fourth-order valence-corrected chi connectivity index (χ4v) is 4.45. The van der Waals surface area contributed by atoms with E-state index < -0.39 is 0 Å². The molecule has 0 aromatic rings. The molecule has 3 nitrogen and oxygen atoms in total. The van der Waals surface area contributed by atoms with E-state index in [2.05, 4.69) is 21.2 Å². The molecule has 2 unspecified atom stereocenters. The van der Waals surface area contributed by atoms with E-state index in [1.807, 2.05) is 5.82 Å². The maximum absolute atomic E-state index is 3.67. The Morgan fingerprint density at radius 3 is 2.38 bits per heavy atom. The van der Waals surface area contributed by atoms with Crippen molar-refractivity contribution < 1.29 is 0 Å². The van der Waals surface area contributed by atoms with Crippen molar-refractivity contribution in [2.24, 2.45) is 0 Å². The summed E-state index contributed by atoms with van der Waals surface area (Å²) in [5.74, 6) is 1.93. The van der Waals surface area contributed by atoms with Gasteiger partial charge in [-0.25, -0.2) is 9.72 Å². The molecule has 0 aliphatic carbocycles. The zero-order valence-electron chi connectivity index (χ0n) is 4.23. The van der Waals surface area contributed by atoms with Crippen molar-refractivity contribution in [3.05, 3.63) is 12.4 Å². The van der Waals surface area contributed by atoms with Gasteiger partial charge in [0.05, 0.1) is 8.22 Å². The van der Waals surface area contributed by atoms with Gasteiger partial charge in [0.15, 0.2) is 0 Å². The Morgan fingerprint density at radius 2 is 2.00 bits per heavy atom. The van der Waals surface area contributed by atoms with Gasteiger partial charge in [-0.2, -0.15) is 0 Å². The largest absolute Gasteiger partial charge is 0.254 e.